The van der Waals surface area contributed by atoms with Crippen LogP contribution < -0.4 is 0 Å². The van der Waals surface area contributed by atoms with Gasteiger partial charge in [-0.15, -0.1) is 0 Å². The number of hydrogen-bond donors (Lipinski definition) is 0. The van der Waals surface area contributed by atoms with Gasteiger partial charge in [-0.05, 0) is 91.4 Å². The van der Waals surface area contributed by atoms with Crippen molar-refractivity contribution in [3.05, 3.63) is 101 Å². The number of rotatable bonds is 5. The van der Waals surface area contributed by atoms with Crippen LogP contribution in [0.25, 0.3) is 0 Å². The van der Waals surface area contributed by atoms with Gasteiger partial charge >= 0.3 is 0 Å². The molecule has 0 spiro atoms. The zero-order valence-electron chi connectivity index (χ0n) is 18.8. The second kappa shape index (κ2) is 13.5. The first-order valence-corrected chi connectivity index (χ1v) is 11.6. The molecule has 0 atom stereocenters. The molecule has 1 nitrogen and oxygen atoms in total. The quantitative estimate of drug-likeness (QED) is 0.172. The Morgan fingerprint density at radius 1 is 0.576 bits per heavy atom. The van der Waals surface area contributed by atoms with Crippen molar-refractivity contribution in [1.29, 1.82) is 0 Å². The summed E-state index contributed by atoms with van der Waals surface area (Å²) in [7, 11) is 0. The van der Waals surface area contributed by atoms with Gasteiger partial charge in [-0.1, -0.05) is 61.7 Å². The molecule has 0 aliphatic heterocycles. The molecule has 0 radical (unpaired) electrons. The number of aliphatic imine (C=N–C) groups is 1. The maximum atomic E-state index is 4.61. The normalized spacial score (nSPS) is 9.24. The van der Waals surface area contributed by atoms with Gasteiger partial charge in [0.15, 0.2) is 0 Å². The molecule has 0 N–H and O–H groups in total. The van der Waals surface area contributed by atoms with E-state index in [1.54, 1.807) is 0 Å². The van der Waals surface area contributed by atoms with Crippen LogP contribution in [-0.4, -0.2) is 5.16 Å². The summed E-state index contributed by atoms with van der Waals surface area (Å²) in [5.41, 5.74) is 5.62. The minimum Gasteiger partial charge on any atom is -0.195 e. The van der Waals surface area contributed by atoms with Crippen molar-refractivity contribution in [2.24, 2.45) is 4.99 Å². The van der Waals surface area contributed by atoms with E-state index in [-0.39, 0.29) is 0 Å². The third-order valence-corrected chi connectivity index (χ3v) is 4.99. The summed E-state index contributed by atoms with van der Waals surface area (Å²) in [6.07, 6.45) is 5.98. The number of benzene rings is 3. The van der Waals surface area contributed by atoms with Crippen LogP contribution in [0.5, 0.6) is 0 Å². The molecule has 0 fully saturated rings. The molecule has 3 aromatic rings. The first-order chi connectivity index (χ1) is 16.3. The summed E-state index contributed by atoms with van der Waals surface area (Å²) >= 11 is 4.61. The van der Waals surface area contributed by atoms with E-state index >= 15 is 0 Å². The van der Waals surface area contributed by atoms with E-state index in [4.69, 9.17) is 0 Å². The molecule has 0 bridgehead atoms. The number of isothiocyanates is 1. The Kier molecular flexibility index (Phi) is 9.76. The van der Waals surface area contributed by atoms with Gasteiger partial charge in [0.05, 0.1) is 10.8 Å². The molecule has 0 unspecified atom stereocenters. The Bertz CT molecular complexity index is 1270. The van der Waals surface area contributed by atoms with Crippen LogP contribution in [0.2, 0.25) is 0 Å². The van der Waals surface area contributed by atoms with E-state index in [1.807, 2.05) is 72.8 Å². The number of nitrogens with zero attached hydrogens (tertiary/aromatic N) is 1. The average Bonchev–Trinajstić information content (AvgIpc) is 2.86. The standard InChI is InChI=1S/C31H25NS/c1-2-3-4-5-6-7-8-26-9-11-27(12-10-26)13-14-28-15-17-29(18-16-28)19-20-30-21-23-31(24-22-30)32-25-33/h9-12,15-18,21-24H,2-6H2,1H3. The minimum atomic E-state index is 0.777. The second-order valence-corrected chi connectivity index (χ2v) is 7.70. The Labute approximate surface area is 203 Å². The molecule has 3 rings (SSSR count). The van der Waals surface area contributed by atoms with Crippen molar-refractivity contribution in [2.45, 2.75) is 39.0 Å². The number of thiocarbonyl (C=S) groups is 1. The fourth-order valence-electron chi connectivity index (χ4n) is 3.04. The summed E-state index contributed by atoms with van der Waals surface area (Å²) in [6.45, 7) is 2.23. The fourth-order valence-corrected chi connectivity index (χ4v) is 3.14. The van der Waals surface area contributed by atoms with Crippen LogP contribution in [-0.2, 0) is 0 Å². The second-order valence-electron chi connectivity index (χ2n) is 7.52. The Hall–Kier alpha value is -3.86. The van der Waals surface area contributed by atoms with Gasteiger partial charge in [0.2, 0.25) is 0 Å². The van der Waals surface area contributed by atoms with E-state index in [9.17, 15) is 0 Å². The number of unbranched alkanes of at least 4 members (excludes halogenated alkanes) is 4. The monoisotopic (exact) mass is 443 g/mol. The summed E-state index contributed by atoms with van der Waals surface area (Å²) in [5.74, 6) is 19.3. The van der Waals surface area contributed by atoms with E-state index in [2.05, 4.69) is 64.8 Å². The van der Waals surface area contributed by atoms with Crippen molar-refractivity contribution in [3.63, 3.8) is 0 Å². The van der Waals surface area contributed by atoms with Crippen molar-refractivity contribution in [2.75, 3.05) is 0 Å². The molecule has 0 amide bonds. The largest absolute Gasteiger partial charge is 0.195 e. The predicted octanol–water partition coefficient (Wildman–Crippen LogP) is 7.54. The van der Waals surface area contributed by atoms with Crippen molar-refractivity contribution >= 4 is 23.1 Å². The van der Waals surface area contributed by atoms with Gasteiger partial charge in [-0.3, -0.25) is 0 Å². The molecule has 0 saturated heterocycles. The summed E-state index contributed by atoms with van der Waals surface area (Å²) in [6, 6.07) is 23.7. The van der Waals surface area contributed by atoms with Crippen LogP contribution in [0, 0.1) is 35.5 Å². The maximum Gasteiger partial charge on any atom is 0.0740 e. The van der Waals surface area contributed by atoms with Crippen molar-refractivity contribution in [3.8, 4) is 35.5 Å². The van der Waals surface area contributed by atoms with Crippen LogP contribution in [0.3, 0.4) is 0 Å². The predicted molar refractivity (Wildman–Crippen MR) is 142 cm³/mol. The van der Waals surface area contributed by atoms with Gasteiger partial charge < -0.3 is 0 Å². The highest BCUT2D eigenvalue weighted by molar-refractivity contribution is 7.78. The molecule has 0 aliphatic rings. The Morgan fingerprint density at radius 2 is 1.00 bits per heavy atom. The molecule has 0 aromatic heterocycles. The molecule has 160 valence electrons. The smallest absolute Gasteiger partial charge is 0.0740 e. The van der Waals surface area contributed by atoms with E-state index < -0.39 is 0 Å². The SMILES string of the molecule is CCCCCCC#Cc1ccc(C#Cc2ccc(C#Cc3ccc(N=C=S)cc3)cc2)cc1. The molecule has 2 heteroatoms. The third kappa shape index (κ3) is 8.65. The lowest BCUT2D eigenvalue weighted by Gasteiger charge is -1.94. The highest BCUT2D eigenvalue weighted by Crippen LogP contribution is 2.12. The molecule has 3 aromatic carbocycles. The topological polar surface area (TPSA) is 12.4 Å². The molecule has 0 heterocycles. The average molecular weight is 444 g/mol. The van der Waals surface area contributed by atoms with Crippen LogP contribution in [0.1, 0.15) is 66.8 Å². The van der Waals surface area contributed by atoms with Gasteiger partial charge in [0, 0.05) is 34.2 Å². The van der Waals surface area contributed by atoms with Gasteiger partial charge in [0.1, 0.15) is 0 Å². The van der Waals surface area contributed by atoms with Gasteiger partial charge in [0.25, 0.3) is 0 Å². The molecule has 0 saturated carbocycles. The molecular formula is C31H25NS. The minimum absolute atomic E-state index is 0.777. The Morgan fingerprint density at radius 3 is 1.42 bits per heavy atom. The molecular weight excluding hydrogens is 418 g/mol. The van der Waals surface area contributed by atoms with Crippen LogP contribution in [0.4, 0.5) is 5.69 Å². The summed E-state index contributed by atoms with van der Waals surface area (Å²) in [4.78, 5) is 3.94. The lowest BCUT2D eigenvalue weighted by atomic mass is 10.1. The number of hydrogen-bond acceptors (Lipinski definition) is 2. The van der Waals surface area contributed by atoms with Crippen molar-refractivity contribution < 1.29 is 0 Å². The van der Waals surface area contributed by atoms with Crippen molar-refractivity contribution in [1.82, 2.24) is 0 Å². The highest BCUT2D eigenvalue weighted by atomic mass is 32.1. The maximum absolute atomic E-state index is 4.61. The van der Waals surface area contributed by atoms with Crippen LogP contribution in [0.15, 0.2) is 77.8 Å². The molecule has 33 heavy (non-hydrogen) atoms. The van der Waals surface area contributed by atoms with Crippen LogP contribution >= 0.6 is 12.2 Å². The lowest BCUT2D eigenvalue weighted by molar-refractivity contribution is 0.679. The summed E-state index contributed by atoms with van der Waals surface area (Å²) < 4.78 is 0. The van der Waals surface area contributed by atoms with Gasteiger partial charge in [-0.2, -0.15) is 4.99 Å². The highest BCUT2D eigenvalue weighted by Gasteiger charge is 1.92. The zero-order valence-corrected chi connectivity index (χ0v) is 19.6. The first kappa shape index (κ1) is 23.8. The fraction of sp³-hybridized carbons (Fsp3) is 0.194. The van der Waals surface area contributed by atoms with E-state index in [1.165, 1.54) is 25.7 Å². The molecule has 0 aliphatic carbocycles. The lowest BCUT2D eigenvalue weighted by Crippen LogP contribution is -1.80. The van der Waals surface area contributed by atoms with E-state index in [0.717, 1.165) is 39.9 Å². The van der Waals surface area contributed by atoms with E-state index in [0.29, 0.717) is 0 Å². The first-order valence-electron chi connectivity index (χ1n) is 11.2. The summed E-state index contributed by atoms with van der Waals surface area (Å²) in [5, 5.41) is 2.36. The zero-order chi connectivity index (χ0) is 23.1. The van der Waals surface area contributed by atoms with Gasteiger partial charge in [-0.25, -0.2) is 0 Å². The Balaban J connectivity index is 1.56. The third-order valence-electron chi connectivity index (χ3n) is 4.90.